The molecule has 2 amide bonds. The summed E-state index contributed by atoms with van der Waals surface area (Å²) in [6.45, 7) is -0.00547. The van der Waals surface area contributed by atoms with Crippen molar-refractivity contribution in [1.82, 2.24) is 10.6 Å². The molecule has 2 atom stereocenters. The van der Waals surface area contributed by atoms with Crippen molar-refractivity contribution < 1.29 is 56.9 Å². The Labute approximate surface area is 149 Å². The number of hydrogen-bond acceptors (Lipinski definition) is 6. The quantitative estimate of drug-likeness (QED) is 0.243. The summed E-state index contributed by atoms with van der Waals surface area (Å²) in [5, 5.41) is 2.60. The average molecular weight is 336 g/mol. The van der Waals surface area contributed by atoms with Gasteiger partial charge in [0.05, 0.1) is 6.54 Å². The van der Waals surface area contributed by atoms with E-state index in [1.54, 1.807) is 6.07 Å². The van der Waals surface area contributed by atoms with E-state index >= 15 is 0 Å². The molecule has 1 aromatic rings. The summed E-state index contributed by atoms with van der Waals surface area (Å²) in [5.41, 5.74) is -1.61. The molecule has 1 aliphatic rings. The molecule has 0 saturated carbocycles. The molecule has 0 radical (unpaired) electrons. The average Bonchev–Trinajstić information content (AvgIpc) is 2.42. The third kappa shape index (κ3) is 3.67. The molecule has 10 heteroatoms. The van der Waals surface area contributed by atoms with Gasteiger partial charge in [0.1, 0.15) is 10.1 Å². The van der Waals surface area contributed by atoms with Crippen LogP contribution in [-0.4, -0.2) is 44.2 Å². The van der Waals surface area contributed by atoms with Crippen LogP contribution in [0.1, 0.15) is 10.8 Å². The molecule has 8 nitrogen and oxygen atoms in total. The summed E-state index contributed by atoms with van der Waals surface area (Å²) in [7, 11) is -3.75. The topological polar surface area (TPSA) is 125 Å². The van der Waals surface area contributed by atoms with Gasteiger partial charge in [0.2, 0.25) is 11.6 Å². The van der Waals surface area contributed by atoms with Crippen molar-refractivity contribution in [3.05, 3.63) is 35.9 Å². The van der Waals surface area contributed by atoms with E-state index in [4.69, 9.17) is 4.74 Å². The zero-order chi connectivity index (χ0) is 15.7. The molecule has 0 aliphatic carbocycles. The first-order valence-corrected chi connectivity index (χ1v) is 7.42. The summed E-state index contributed by atoms with van der Waals surface area (Å²) >= 11 is 0. The summed E-state index contributed by atoms with van der Waals surface area (Å²) in [6, 6.07) is 7.32. The first kappa shape index (κ1) is 19.1. The number of methoxy groups -OCH3 is 1. The molecule has 2 N–H and O–H groups in total. The van der Waals surface area contributed by atoms with Gasteiger partial charge in [-0.05, 0) is 5.56 Å². The van der Waals surface area contributed by atoms with Crippen molar-refractivity contribution >= 4 is 21.9 Å². The Hall–Kier alpha value is -0.970. The van der Waals surface area contributed by atoms with E-state index in [0.717, 1.165) is 0 Å². The van der Waals surface area contributed by atoms with E-state index in [2.05, 4.69) is 10.6 Å². The SMILES string of the molecule is COC1(NC(=O)C(c2ccccc2)S(=O)(=O)[O-])CNC1=O.[Na+]. The number of β-lactam (4-membered cyclic amide) rings is 1. The van der Waals surface area contributed by atoms with Crippen LogP contribution in [0.2, 0.25) is 0 Å². The fourth-order valence-corrected chi connectivity index (χ4v) is 2.79. The minimum atomic E-state index is -4.95. The normalized spacial score (nSPS) is 21.8. The van der Waals surface area contributed by atoms with E-state index in [1.165, 1.54) is 31.4 Å². The van der Waals surface area contributed by atoms with Gasteiger partial charge in [-0.25, -0.2) is 8.42 Å². The van der Waals surface area contributed by atoms with Crippen LogP contribution in [0.4, 0.5) is 0 Å². The van der Waals surface area contributed by atoms with Gasteiger partial charge in [0, 0.05) is 7.11 Å². The van der Waals surface area contributed by atoms with Gasteiger partial charge in [-0.3, -0.25) is 9.59 Å². The summed E-state index contributed by atoms with van der Waals surface area (Å²) in [5.74, 6) is -1.71. The monoisotopic (exact) mass is 336 g/mol. The summed E-state index contributed by atoms with van der Waals surface area (Å²) in [4.78, 5) is 23.6. The molecule has 1 aliphatic heterocycles. The number of rotatable bonds is 5. The van der Waals surface area contributed by atoms with E-state index in [-0.39, 0.29) is 41.7 Å². The van der Waals surface area contributed by atoms with E-state index in [0.29, 0.717) is 0 Å². The molecule has 22 heavy (non-hydrogen) atoms. The van der Waals surface area contributed by atoms with Crippen LogP contribution >= 0.6 is 0 Å². The number of amides is 2. The Bertz CT molecular complexity index is 661. The van der Waals surface area contributed by atoms with Gasteiger partial charge in [0.25, 0.3) is 5.91 Å². The van der Waals surface area contributed by atoms with Crippen LogP contribution in [0.5, 0.6) is 0 Å². The standard InChI is InChI=1S/C12H14N2O6S.Na/c1-20-12(7-13-11(12)16)14-10(15)9(21(17,18)19)8-5-3-2-4-6-8;/h2-6,9H,7H2,1H3,(H,13,16)(H,14,15)(H,17,18,19);/q;+1/p-1. The van der Waals surface area contributed by atoms with Gasteiger partial charge < -0.3 is 19.9 Å². The van der Waals surface area contributed by atoms with Crippen molar-refractivity contribution in [2.75, 3.05) is 13.7 Å². The Morgan fingerprint density at radius 3 is 2.36 bits per heavy atom. The Morgan fingerprint density at radius 1 is 1.41 bits per heavy atom. The minimum Gasteiger partial charge on any atom is -0.747 e. The maximum atomic E-state index is 12.2. The third-order valence-electron chi connectivity index (χ3n) is 3.17. The molecular formula is C12H13N2NaO6S. The predicted octanol–water partition coefficient (Wildman–Crippen LogP) is -4.13. The molecule has 1 fully saturated rings. The summed E-state index contributed by atoms with van der Waals surface area (Å²) < 4.78 is 39.0. The van der Waals surface area contributed by atoms with Crippen molar-refractivity contribution in [2.45, 2.75) is 11.0 Å². The molecule has 0 spiro atoms. The first-order valence-electron chi connectivity index (χ1n) is 5.95. The minimum absolute atomic E-state index is 0. The fraction of sp³-hybridized carbons (Fsp3) is 0.333. The van der Waals surface area contributed by atoms with Crippen LogP contribution in [-0.2, 0) is 24.4 Å². The maximum Gasteiger partial charge on any atom is 1.00 e. The molecule has 2 unspecified atom stereocenters. The first-order chi connectivity index (χ1) is 9.80. The molecule has 1 heterocycles. The van der Waals surface area contributed by atoms with Gasteiger partial charge in [-0.1, -0.05) is 30.3 Å². The van der Waals surface area contributed by atoms with Crippen LogP contribution in [0, 0.1) is 0 Å². The zero-order valence-electron chi connectivity index (χ0n) is 12.0. The second kappa shape index (κ2) is 7.07. The Balaban J connectivity index is 0.00000242. The van der Waals surface area contributed by atoms with Crippen LogP contribution in [0.3, 0.4) is 0 Å². The fourth-order valence-electron chi connectivity index (χ4n) is 1.98. The predicted molar refractivity (Wildman–Crippen MR) is 69.8 cm³/mol. The summed E-state index contributed by atoms with van der Waals surface area (Å²) in [6.07, 6.45) is 0. The number of benzene rings is 1. The van der Waals surface area contributed by atoms with Crippen LogP contribution in [0.25, 0.3) is 0 Å². The van der Waals surface area contributed by atoms with E-state index in [9.17, 15) is 22.6 Å². The second-order valence-electron chi connectivity index (χ2n) is 4.49. The van der Waals surface area contributed by atoms with Crippen molar-refractivity contribution in [1.29, 1.82) is 0 Å². The smallest absolute Gasteiger partial charge is 0.747 e. The van der Waals surface area contributed by atoms with Crippen molar-refractivity contribution in [3.63, 3.8) is 0 Å². The van der Waals surface area contributed by atoms with Gasteiger partial charge in [0.15, 0.2) is 5.25 Å². The number of ether oxygens (including phenoxy) is 1. The van der Waals surface area contributed by atoms with E-state index < -0.39 is 32.9 Å². The van der Waals surface area contributed by atoms with Crippen molar-refractivity contribution in [2.24, 2.45) is 0 Å². The number of carbonyl (C=O) groups excluding carboxylic acids is 2. The zero-order valence-corrected chi connectivity index (χ0v) is 14.8. The second-order valence-corrected chi connectivity index (χ2v) is 5.94. The van der Waals surface area contributed by atoms with Gasteiger partial charge in [-0.15, -0.1) is 0 Å². The van der Waals surface area contributed by atoms with Crippen molar-refractivity contribution in [3.8, 4) is 0 Å². The Kier molecular flexibility index (Phi) is 6.13. The maximum absolute atomic E-state index is 12.2. The molecule has 0 aromatic heterocycles. The largest absolute Gasteiger partial charge is 1.00 e. The molecule has 114 valence electrons. The number of nitrogens with one attached hydrogen (secondary N) is 2. The number of carbonyl (C=O) groups is 2. The number of hydrogen-bond donors (Lipinski definition) is 2. The molecular weight excluding hydrogens is 323 g/mol. The molecule has 0 bridgehead atoms. The molecule has 1 aromatic carbocycles. The third-order valence-corrected chi connectivity index (χ3v) is 4.23. The molecule has 2 rings (SSSR count). The van der Waals surface area contributed by atoms with Gasteiger partial charge >= 0.3 is 29.6 Å². The molecule has 1 saturated heterocycles. The Morgan fingerprint density at radius 2 is 2.00 bits per heavy atom. The van der Waals surface area contributed by atoms with Crippen LogP contribution in [0.15, 0.2) is 30.3 Å². The van der Waals surface area contributed by atoms with Crippen LogP contribution < -0.4 is 40.2 Å². The van der Waals surface area contributed by atoms with Gasteiger partial charge in [-0.2, -0.15) is 0 Å². The van der Waals surface area contributed by atoms with E-state index in [1.807, 2.05) is 0 Å².